The van der Waals surface area contributed by atoms with E-state index in [2.05, 4.69) is 20.9 Å². The molecule has 0 saturated carbocycles. The minimum absolute atomic E-state index is 0.0926. The zero-order valence-corrected chi connectivity index (χ0v) is 12.9. The molecule has 0 aliphatic heterocycles. The lowest BCUT2D eigenvalue weighted by atomic mass is 10.0. The number of hydrogen-bond acceptors (Lipinski definition) is 3. The predicted octanol–water partition coefficient (Wildman–Crippen LogP) is 3.75. The van der Waals surface area contributed by atoms with Crippen molar-refractivity contribution in [2.75, 3.05) is 12.8 Å². The maximum Gasteiger partial charge on any atom is 0.195 e. The normalized spacial score (nSPS) is 10.8. The van der Waals surface area contributed by atoms with Crippen LogP contribution in [0.5, 0.6) is 5.75 Å². The zero-order chi connectivity index (χ0) is 15.0. The first-order valence-electron chi connectivity index (χ1n) is 6.35. The van der Waals surface area contributed by atoms with Gasteiger partial charge in [-0.3, -0.25) is 4.79 Å². The molecule has 0 radical (unpaired) electrons. The van der Waals surface area contributed by atoms with E-state index in [-0.39, 0.29) is 5.78 Å². The molecule has 0 bridgehead atoms. The van der Waals surface area contributed by atoms with Crippen molar-refractivity contribution in [2.45, 2.75) is 0 Å². The molecule has 4 nitrogen and oxygen atoms in total. The fourth-order valence-electron chi connectivity index (χ4n) is 2.34. The van der Waals surface area contributed by atoms with E-state index < -0.39 is 0 Å². The Balaban J connectivity index is 2.15. The van der Waals surface area contributed by atoms with Crippen molar-refractivity contribution in [1.82, 2.24) is 4.98 Å². The van der Waals surface area contributed by atoms with Gasteiger partial charge in [0.2, 0.25) is 0 Å². The molecule has 1 heterocycles. The number of nitrogens with two attached hydrogens (primary N) is 1. The van der Waals surface area contributed by atoms with Crippen molar-refractivity contribution in [2.24, 2.45) is 0 Å². The molecule has 0 amide bonds. The summed E-state index contributed by atoms with van der Waals surface area (Å²) in [5, 5.41) is 0.784. The Bertz CT molecular complexity index is 839. The van der Waals surface area contributed by atoms with Gasteiger partial charge in [0.25, 0.3) is 0 Å². The van der Waals surface area contributed by atoms with Gasteiger partial charge in [0.15, 0.2) is 5.78 Å². The van der Waals surface area contributed by atoms with Gasteiger partial charge in [-0.15, -0.1) is 0 Å². The van der Waals surface area contributed by atoms with Crippen LogP contribution in [0, 0.1) is 0 Å². The highest BCUT2D eigenvalue weighted by Gasteiger charge is 2.17. The average Bonchev–Trinajstić information content (AvgIpc) is 2.93. The van der Waals surface area contributed by atoms with Gasteiger partial charge in [-0.2, -0.15) is 0 Å². The number of aromatic amines is 1. The van der Waals surface area contributed by atoms with Crippen LogP contribution in [-0.4, -0.2) is 17.9 Å². The second-order valence-electron chi connectivity index (χ2n) is 4.65. The van der Waals surface area contributed by atoms with Crippen LogP contribution in [0.2, 0.25) is 0 Å². The quantitative estimate of drug-likeness (QED) is 0.561. The average molecular weight is 345 g/mol. The van der Waals surface area contributed by atoms with Crippen LogP contribution in [0.1, 0.15) is 15.9 Å². The Morgan fingerprint density at radius 3 is 2.81 bits per heavy atom. The van der Waals surface area contributed by atoms with Crippen molar-refractivity contribution in [1.29, 1.82) is 0 Å². The highest BCUT2D eigenvalue weighted by molar-refractivity contribution is 9.10. The molecular weight excluding hydrogens is 332 g/mol. The lowest BCUT2D eigenvalue weighted by molar-refractivity contribution is 0.104. The van der Waals surface area contributed by atoms with Crippen LogP contribution in [0.15, 0.2) is 47.1 Å². The van der Waals surface area contributed by atoms with Gasteiger partial charge < -0.3 is 15.5 Å². The van der Waals surface area contributed by atoms with E-state index in [1.807, 2.05) is 18.2 Å². The van der Waals surface area contributed by atoms with Gasteiger partial charge >= 0.3 is 0 Å². The number of anilines is 1. The first-order chi connectivity index (χ1) is 10.1. The van der Waals surface area contributed by atoms with Crippen LogP contribution in [0.25, 0.3) is 10.9 Å². The number of methoxy groups -OCH3 is 1. The van der Waals surface area contributed by atoms with Gasteiger partial charge in [-0.1, -0.05) is 6.07 Å². The van der Waals surface area contributed by atoms with Crippen molar-refractivity contribution in [3.63, 3.8) is 0 Å². The first kappa shape index (κ1) is 13.7. The van der Waals surface area contributed by atoms with E-state index in [1.165, 1.54) is 0 Å². The summed E-state index contributed by atoms with van der Waals surface area (Å²) in [6, 6.07) is 10.8. The largest absolute Gasteiger partial charge is 0.496 e. The first-order valence-corrected chi connectivity index (χ1v) is 7.15. The molecule has 0 unspecified atom stereocenters. The maximum atomic E-state index is 12.7. The molecule has 5 heteroatoms. The Morgan fingerprint density at radius 2 is 2.10 bits per heavy atom. The number of aromatic nitrogens is 1. The number of carbonyl (C=O) groups is 1. The third-order valence-electron chi connectivity index (χ3n) is 3.39. The fourth-order valence-corrected chi connectivity index (χ4v) is 2.59. The lowest BCUT2D eigenvalue weighted by Gasteiger charge is -2.06. The van der Waals surface area contributed by atoms with Gasteiger partial charge in [-0.25, -0.2) is 0 Å². The summed E-state index contributed by atoms with van der Waals surface area (Å²) in [5.41, 5.74) is 8.36. The molecule has 3 N–H and O–H groups in total. The highest BCUT2D eigenvalue weighted by Crippen LogP contribution is 2.30. The van der Waals surface area contributed by atoms with E-state index in [9.17, 15) is 4.79 Å². The number of carbonyl (C=O) groups excluding carboxylic acids is 1. The van der Waals surface area contributed by atoms with Crippen molar-refractivity contribution in [3.05, 3.63) is 58.2 Å². The van der Waals surface area contributed by atoms with E-state index in [1.54, 1.807) is 31.5 Å². The summed E-state index contributed by atoms with van der Waals surface area (Å²) in [6.45, 7) is 0. The van der Waals surface area contributed by atoms with E-state index in [0.29, 0.717) is 22.6 Å². The molecule has 3 aromatic rings. The SMILES string of the molecule is COc1cccc2[nH]cc(C(=O)c3ccc(Br)c(N)c3)c12. The summed E-state index contributed by atoms with van der Waals surface area (Å²) in [7, 11) is 1.59. The van der Waals surface area contributed by atoms with Gasteiger partial charge in [0.05, 0.1) is 18.1 Å². The third-order valence-corrected chi connectivity index (χ3v) is 4.11. The minimum Gasteiger partial charge on any atom is -0.496 e. The number of nitrogens with one attached hydrogen (secondary N) is 1. The summed E-state index contributed by atoms with van der Waals surface area (Å²) >= 11 is 3.33. The topological polar surface area (TPSA) is 68.1 Å². The van der Waals surface area contributed by atoms with Crippen LogP contribution in [-0.2, 0) is 0 Å². The molecule has 0 aliphatic carbocycles. The number of H-pyrrole nitrogens is 1. The van der Waals surface area contributed by atoms with Crippen LogP contribution in [0.4, 0.5) is 5.69 Å². The zero-order valence-electron chi connectivity index (χ0n) is 11.3. The number of benzene rings is 2. The molecule has 106 valence electrons. The summed E-state index contributed by atoms with van der Waals surface area (Å²) < 4.78 is 6.12. The second kappa shape index (κ2) is 5.26. The van der Waals surface area contributed by atoms with E-state index in [0.717, 1.165) is 15.4 Å². The number of ketones is 1. The third kappa shape index (κ3) is 2.29. The molecule has 0 saturated heterocycles. The minimum atomic E-state index is -0.0926. The summed E-state index contributed by atoms with van der Waals surface area (Å²) in [5.74, 6) is 0.576. The summed E-state index contributed by atoms with van der Waals surface area (Å²) in [6.07, 6.45) is 1.70. The van der Waals surface area contributed by atoms with Gasteiger partial charge in [0, 0.05) is 27.4 Å². The molecule has 0 aliphatic rings. The molecule has 0 spiro atoms. The Labute approximate surface area is 130 Å². The molecule has 0 fully saturated rings. The van der Waals surface area contributed by atoms with Crippen molar-refractivity contribution < 1.29 is 9.53 Å². The molecule has 1 aromatic heterocycles. The number of rotatable bonds is 3. The number of hydrogen-bond donors (Lipinski definition) is 2. The Kier molecular flexibility index (Phi) is 3.43. The Hall–Kier alpha value is -2.27. The molecule has 0 atom stereocenters. The second-order valence-corrected chi connectivity index (χ2v) is 5.50. The van der Waals surface area contributed by atoms with Crippen LogP contribution in [0.3, 0.4) is 0 Å². The monoisotopic (exact) mass is 344 g/mol. The Morgan fingerprint density at radius 1 is 1.29 bits per heavy atom. The van der Waals surface area contributed by atoms with Gasteiger partial charge in [0.1, 0.15) is 5.75 Å². The standard InChI is InChI=1S/C16H13BrN2O2/c1-21-14-4-2-3-13-15(14)10(8-19-13)16(20)9-5-6-11(17)12(18)7-9/h2-8,19H,18H2,1H3. The lowest BCUT2D eigenvalue weighted by Crippen LogP contribution is -2.02. The molecule has 21 heavy (non-hydrogen) atoms. The molecule has 3 rings (SSSR count). The number of nitrogen functional groups attached to an aromatic ring is 1. The number of halogens is 1. The highest BCUT2D eigenvalue weighted by atomic mass is 79.9. The number of fused-ring (bicyclic) bond motifs is 1. The smallest absolute Gasteiger partial charge is 0.195 e. The maximum absolute atomic E-state index is 12.7. The van der Waals surface area contributed by atoms with Crippen molar-refractivity contribution in [3.8, 4) is 5.75 Å². The van der Waals surface area contributed by atoms with Gasteiger partial charge in [-0.05, 0) is 46.3 Å². The van der Waals surface area contributed by atoms with E-state index in [4.69, 9.17) is 10.5 Å². The van der Waals surface area contributed by atoms with Crippen molar-refractivity contribution >= 4 is 38.3 Å². The van der Waals surface area contributed by atoms with Crippen LogP contribution >= 0.6 is 15.9 Å². The molecular formula is C16H13BrN2O2. The van der Waals surface area contributed by atoms with E-state index >= 15 is 0 Å². The fraction of sp³-hybridized carbons (Fsp3) is 0.0625. The predicted molar refractivity (Wildman–Crippen MR) is 86.8 cm³/mol. The molecule has 2 aromatic carbocycles. The number of ether oxygens (including phenoxy) is 1. The summed E-state index contributed by atoms with van der Waals surface area (Å²) in [4.78, 5) is 15.8. The van der Waals surface area contributed by atoms with Crippen LogP contribution < -0.4 is 10.5 Å².